The molecule has 0 spiro atoms. The Kier molecular flexibility index (Phi) is 5.46. The number of ketones is 1. The van der Waals surface area contributed by atoms with Crippen LogP contribution in [0.5, 0.6) is 0 Å². The summed E-state index contributed by atoms with van der Waals surface area (Å²) in [5.41, 5.74) is -5.90. The fraction of sp³-hybridized carbons (Fsp3) is 0.724. The number of rotatable bonds is 3. The first-order chi connectivity index (χ1) is 17.6. The highest BCUT2D eigenvalue weighted by Gasteiger charge is 2.87. The van der Waals surface area contributed by atoms with Crippen LogP contribution in [0.2, 0.25) is 0 Å². The Balaban J connectivity index is 1.80. The third kappa shape index (κ3) is 2.49. The van der Waals surface area contributed by atoms with Gasteiger partial charge in [0.05, 0.1) is 31.2 Å². The quantitative estimate of drug-likeness (QED) is 0.254. The van der Waals surface area contributed by atoms with Gasteiger partial charge < -0.3 is 24.1 Å². The lowest BCUT2D eigenvalue weighted by molar-refractivity contribution is -0.245. The van der Waals surface area contributed by atoms with E-state index in [0.29, 0.717) is 6.42 Å². The van der Waals surface area contributed by atoms with Gasteiger partial charge in [0, 0.05) is 35.2 Å². The zero-order chi connectivity index (χ0) is 28.4. The predicted octanol–water partition coefficient (Wildman–Crippen LogP) is 2.89. The Bertz CT molecular complexity index is 1210. The zero-order valence-corrected chi connectivity index (χ0v) is 23.4. The van der Waals surface area contributed by atoms with Crippen molar-refractivity contribution in [3.05, 3.63) is 23.5 Å². The third-order valence-electron chi connectivity index (χ3n) is 11.3. The lowest BCUT2D eigenvalue weighted by Crippen LogP contribution is -2.75. The summed E-state index contributed by atoms with van der Waals surface area (Å²) >= 11 is 0. The molecule has 5 rings (SSSR count). The number of esters is 3. The molecule has 3 saturated carbocycles. The number of hydrogen-bond acceptors (Lipinski definition) is 9. The minimum absolute atomic E-state index is 0.136. The number of aliphatic hydroxyl groups is 1. The van der Waals surface area contributed by atoms with Crippen LogP contribution in [0.25, 0.3) is 0 Å². The van der Waals surface area contributed by atoms with Gasteiger partial charge in [-0.2, -0.15) is 0 Å². The van der Waals surface area contributed by atoms with E-state index in [0.717, 1.165) is 0 Å². The first kappa shape index (κ1) is 26.9. The van der Waals surface area contributed by atoms with Crippen LogP contribution < -0.4 is 0 Å². The molecule has 4 aliphatic carbocycles. The van der Waals surface area contributed by atoms with Gasteiger partial charge in [0.15, 0.2) is 11.2 Å². The Morgan fingerprint density at radius 3 is 2.29 bits per heavy atom. The average molecular weight is 531 g/mol. The number of carbonyl (C=O) groups excluding carboxylic acids is 4. The van der Waals surface area contributed by atoms with Crippen molar-refractivity contribution in [2.75, 3.05) is 14.2 Å². The van der Waals surface area contributed by atoms with Crippen molar-refractivity contribution in [2.24, 2.45) is 38.9 Å². The number of fused-ring (bicyclic) bond motifs is 3. The predicted molar refractivity (Wildman–Crippen MR) is 133 cm³/mol. The molecule has 1 saturated heterocycles. The summed E-state index contributed by atoms with van der Waals surface area (Å²) in [6.45, 7) is 14.6. The number of aliphatic hydroxyl groups excluding tert-OH is 1. The van der Waals surface area contributed by atoms with Crippen molar-refractivity contribution in [3.63, 3.8) is 0 Å². The maximum absolute atomic E-state index is 14.4. The minimum Gasteiger partial charge on any atom is -0.500 e. The number of Topliss-reactive ketones (excluding diaryl/α,β-unsaturated/α-hetero) is 1. The van der Waals surface area contributed by atoms with E-state index in [4.69, 9.17) is 18.9 Å². The number of carbonyl (C=O) groups is 4. The highest BCUT2D eigenvalue weighted by molar-refractivity contribution is 6.17. The van der Waals surface area contributed by atoms with E-state index in [1.54, 1.807) is 13.8 Å². The van der Waals surface area contributed by atoms with E-state index in [1.807, 2.05) is 20.8 Å². The van der Waals surface area contributed by atoms with Crippen molar-refractivity contribution < 1.29 is 43.2 Å². The highest BCUT2D eigenvalue weighted by Crippen LogP contribution is 2.80. The van der Waals surface area contributed by atoms with Crippen molar-refractivity contribution in [2.45, 2.75) is 79.1 Å². The van der Waals surface area contributed by atoms with Crippen molar-refractivity contribution in [1.82, 2.24) is 0 Å². The van der Waals surface area contributed by atoms with E-state index in [2.05, 4.69) is 6.58 Å². The molecule has 4 fully saturated rings. The van der Waals surface area contributed by atoms with Crippen LogP contribution in [-0.2, 0) is 38.1 Å². The Morgan fingerprint density at radius 1 is 1.11 bits per heavy atom. The van der Waals surface area contributed by atoms with Crippen LogP contribution >= 0.6 is 0 Å². The van der Waals surface area contributed by atoms with Gasteiger partial charge in [0.25, 0.3) is 0 Å². The van der Waals surface area contributed by atoms with Crippen LogP contribution in [0, 0.1) is 38.9 Å². The summed E-state index contributed by atoms with van der Waals surface area (Å²) < 4.78 is 22.9. The van der Waals surface area contributed by atoms with Gasteiger partial charge >= 0.3 is 17.9 Å². The van der Waals surface area contributed by atoms with Gasteiger partial charge in [0.1, 0.15) is 18.0 Å². The van der Waals surface area contributed by atoms with Crippen LogP contribution in [0.15, 0.2) is 23.5 Å². The molecule has 2 bridgehead atoms. The smallest absolute Gasteiger partial charge is 0.321 e. The SMILES string of the molecule is C=C1[C@H](O)C2[C@]34CC[C@H](OC(C)=O)C(C)(C)C3[C@H](C[C@]2(C)[C@]2(C(=O)OC)C(=O)C(C)=C(OC)[C@]12C)OC4=O. The standard InChI is InChI=1S/C29H38O9/c1-13-21(32)29(24(34)36-9)26(6)12-16-19-25(4,5)17(37-15(3)30)10-11-28(19,23(33)38-16)20(26)18(31)14(2)27(29,7)22(13)35-8/h16-20,31H,2,10-12H2,1,3-9H3/t16-,17-,18-,19?,20?,26-,27-,28-,29+/m0/s1. The molecule has 9 heteroatoms. The normalized spacial score (nSPS) is 46.6. The average Bonchev–Trinajstić information content (AvgIpc) is 3.17. The Labute approximate surface area is 222 Å². The van der Waals surface area contributed by atoms with Crippen LogP contribution in [-0.4, -0.2) is 61.3 Å². The first-order valence-corrected chi connectivity index (χ1v) is 13.2. The molecule has 1 aliphatic heterocycles. The molecule has 1 N–H and O–H groups in total. The first-order valence-electron chi connectivity index (χ1n) is 13.2. The molecule has 208 valence electrons. The molecular weight excluding hydrogens is 492 g/mol. The molecule has 9 nitrogen and oxygen atoms in total. The molecule has 38 heavy (non-hydrogen) atoms. The van der Waals surface area contributed by atoms with Crippen LogP contribution in [0.1, 0.15) is 60.8 Å². The molecule has 0 aromatic heterocycles. The number of allylic oxidation sites excluding steroid dienone is 2. The zero-order valence-electron chi connectivity index (χ0n) is 23.4. The lowest BCUT2D eigenvalue weighted by Gasteiger charge is -2.68. The van der Waals surface area contributed by atoms with Gasteiger partial charge in [-0.15, -0.1) is 0 Å². The van der Waals surface area contributed by atoms with E-state index in [1.165, 1.54) is 21.1 Å². The topological polar surface area (TPSA) is 125 Å². The highest BCUT2D eigenvalue weighted by atomic mass is 16.6. The fourth-order valence-electron chi connectivity index (χ4n) is 10.2. The lowest BCUT2D eigenvalue weighted by atomic mass is 9.31. The van der Waals surface area contributed by atoms with Crippen molar-refractivity contribution >= 4 is 23.7 Å². The van der Waals surface area contributed by atoms with E-state index in [9.17, 15) is 24.3 Å². The molecule has 0 radical (unpaired) electrons. The third-order valence-corrected chi connectivity index (χ3v) is 11.3. The monoisotopic (exact) mass is 530 g/mol. The maximum atomic E-state index is 14.4. The summed E-state index contributed by atoms with van der Waals surface area (Å²) in [6.07, 6.45) is -1.60. The van der Waals surface area contributed by atoms with E-state index in [-0.39, 0.29) is 29.7 Å². The summed E-state index contributed by atoms with van der Waals surface area (Å²) in [5.74, 6) is -3.08. The Morgan fingerprint density at radius 2 is 1.74 bits per heavy atom. The van der Waals surface area contributed by atoms with Crippen molar-refractivity contribution in [3.8, 4) is 0 Å². The summed E-state index contributed by atoms with van der Waals surface area (Å²) in [7, 11) is 2.67. The van der Waals surface area contributed by atoms with Crippen molar-refractivity contribution in [1.29, 1.82) is 0 Å². The maximum Gasteiger partial charge on any atom is 0.321 e. The molecule has 9 atom stereocenters. The van der Waals surface area contributed by atoms with Gasteiger partial charge in [-0.3, -0.25) is 19.2 Å². The summed E-state index contributed by atoms with van der Waals surface area (Å²) in [5, 5.41) is 12.1. The van der Waals surface area contributed by atoms with Gasteiger partial charge in [-0.25, -0.2) is 0 Å². The molecule has 0 aromatic carbocycles. The fourth-order valence-corrected chi connectivity index (χ4v) is 10.2. The van der Waals surface area contributed by atoms with Gasteiger partial charge in [-0.1, -0.05) is 27.4 Å². The van der Waals surface area contributed by atoms with Crippen LogP contribution in [0.3, 0.4) is 0 Å². The molecule has 5 aliphatic rings. The molecule has 2 unspecified atom stereocenters. The summed E-state index contributed by atoms with van der Waals surface area (Å²) in [4.78, 5) is 54.3. The largest absolute Gasteiger partial charge is 0.500 e. The number of hydrogen-bond donors (Lipinski definition) is 1. The van der Waals surface area contributed by atoms with Gasteiger partial charge in [0.2, 0.25) is 0 Å². The second-order valence-electron chi connectivity index (χ2n) is 12.8. The Hall–Kier alpha value is -2.68. The summed E-state index contributed by atoms with van der Waals surface area (Å²) in [6, 6.07) is 0. The molecular formula is C29H38O9. The van der Waals surface area contributed by atoms with E-state index < -0.39 is 80.9 Å². The minimum atomic E-state index is -1.83. The second kappa shape index (κ2) is 7.71. The van der Waals surface area contributed by atoms with Gasteiger partial charge in [-0.05, 0) is 38.7 Å². The molecule has 0 aromatic rings. The second-order valence-corrected chi connectivity index (χ2v) is 12.8. The number of ether oxygens (including phenoxy) is 4. The van der Waals surface area contributed by atoms with Crippen LogP contribution in [0.4, 0.5) is 0 Å². The molecule has 1 heterocycles. The number of methoxy groups -OCH3 is 2. The van der Waals surface area contributed by atoms with E-state index >= 15 is 0 Å². The molecule has 0 amide bonds.